The SMILES string of the molecule is c1ccc2cc3c(cc2c1)oc1ccc(-c2c4ccccc4c(-c4c5ccccc5c(-c5cccc6c5oc5cc7ccccc7cc56)c5ccccc45)c4ccccc24)cc13. The summed E-state index contributed by atoms with van der Waals surface area (Å²) < 4.78 is 13.4. The van der Waals surface area contributed by atoms with Crippen LogP contribution in [0, 0.1) is 0 Å². The Bertz CT molecular complexity index is 4110. The largest absolute Gasteiger partial charge is 0.456 e. The minimum Gasteiger partial charge on any atom is -0.456 e. The standard InChI is InChI=1S/C60H34O2/c1-4-17-38-34-55-50(30-35(38)14-1)48-26-13-27-49(60(48)62-55)57-42-20-7-11-24-46(42)59(47-25-12-8-21-43(47)57)58-44-22-9-5-18-40(44)56(41-19-6-10-23-45(41)58)39-28-29-53-51(32-39)52-31-36-15-2-3-16-37(36)33-54(52)61-53/h1-34H. The minimum absolute atomic E-state index is 0.897. The number of benzene rings is 12. The molecule has 0 saturated carbocycles. The van der Waals surface area contributed by atoms with Crippen molar-refractivity contribution in [2.24, 2.45) is 0 Å². The topological polar surface area (TPSA) is 26.3 Å². The Morgan fingerprint density at radius 3 is 1.13 bits per heavy atom. The van der Waals surface area contributed by atoms with Crippen molar-refractivity contribution in [3.63, 3.8) is 0 Å². The van der Waals surface area contributed by atoms with E-state index in [4.69, 9.17) is 8.83 Å². The van der Waals surface area contributed by atoms with Crippen LogP contribution in [0.1, 0.15) is 0 Å². The average molecular weight is 787 g/mol. The van der Waals surface area contributed by atoms with Crippen molar-refractivity contribution in [2.75, 3.05) is 0 Å². The molecule has 0 atom stereocenters. The van der Waals surface area contributed by atoms with Crippen LogP contribution in [0.15, 0.2) is 215 Å². The highest BCUT2D eigenvalue weighted by Crippen LogP contribution is 2.51. The van der Waals surface area contributed by atoms with E-state index in [0.29, 0.717) is 0 Å². The van der Waals surface area contributed by atoms with E-state index in [-0.39, 0.29) is 0 Å². The Labute approximate surface area is 355 Å². The van der Waals surface area contributed by atoms with Crippen LogP contribution in [0.2, 0.25) is 0 Å². The molecule has 0 aliphatic heterocycles. The zero-order valence-electron chi connectivity index (χ0n) is 33.4. The molecule has 12 aromatic carbocycles. The van der Waals surface area contributed by atoms with Crippen LogP contribution >= 0.6 is 0 Å². The van der Waals surface area contributed by atoms with Gasteiger partial charge in [-0.3, -0.25) is 0 Å². The first-order valence-electron chi connectivity index (χ1n) is 21.3. The first-order chi connectivity index (χ1) is 30.7. The van der Waals surface area contributed by atoms with Crippen LogP contribution in [-0.2, 0) is 0 Å². The third-order valence-electron chi connectivity index (χ3n) is 13.4. The van der Waals surface area contributed by atoms with E-state index in [1.165, 1.54) is 92.5 Å². The molecule has 0 fully saturated rings. The second kappa shape index (κ2) is 12.7. The summed E-state index contributed by atoms with van der Waals surface area (Å²) in [6.07, 6.45) is 0. The summed E-state index contributed by atoms with van der Waals surface area (Å²) in [5.74, 6) is 0. The van der Waals surface area contributed by atoms with Crippen molar-refractivity contribution in [1.29, 1.82) is 0 Å². The van der Waals surface area contributed by atoms with Gasteiger partial charge >= 0.3 is 0 Å². The van der Waals surface area contributed by atoms with E-state index in [1.54, 1.807) is 0 Å². The summed E-state index contributed by atoms with van der Waals surface area (Å²) in [5.41, 5.74) is 10.8. The molecule has 2 heterocycles. The van der Waals surface area contributed by atoms with Crippen LogP contribution in [0.5, 0.6) is 0 Å². The molecular formula is C60H34O2. The highest BCUT2D eigenvalue weighted by molar-refractivity contribution is 6.31. The lowest BCUT2D eigenvalue weighted by atomic mass is 9.81. The first-order valence-corrected chi connectivity index (χ1v) is 21.3. The fourth-order valence-corrected chi connectivity index (χ4v) is 10.7. The number of hydrogen-bond acceptors (Lipinski definition) is 2. The monoisotopic (exact) mass is 786 g/mol. The maximum atomic E-state index is 6.89. The molecule has 0 bridgehead atoms. The fraction of sp³-hybridized carbons (Fsp3) is 0. The van der Waals surface area contributed by atoms with Crippen LogP contribution in [0.4, 0.5) is 0 Å². The van der Waals surface area contributed by atoms with Crippen molar-refractivity contribution in [1.82, 2.24) is 0 Å². The average Bonchev–Trinajstić information content (AvgIpc) is 3.88. The Morgan fingerprint density at radius 1 is 0.226 bits per heavy atom. The molecule has 0 amide bonds. The summed E-state index contributed by atoms with van der Waals surface area (Å²) in [4.78, 5) is 0. The van der Waals surface area contributed by atoms with Gasteiger partial charge in [-0.1, -0.05) is 170 Å². The molecule has 2 heteroatoms. The fourth-order valence-electron chi connectivity index (χ4n) is 10.7. The van der Waals surface area contributed by atoms with Gasteiger partial charge in [0.2, 0.25) is 0 Å². The quantitative estimate of drug-likeness (QED) is 0.167. The molecule has 0 saturated heterocycles. The van der Waals surface area contributed by atoms with Gasteiger partial charge in [-0.25, -0.2) is 0 Å². The van der Waals surface area contributed by atoms with Crippen LogP contribution in [-0.4, -0.2) is 0 Å². The second-order valence-corrected chi connectivity index (χ2v) is 16.7. The van der Waals surface area contributed by atoms with Crippen molar-refractivity contribution < 1.29 is 8.83 Å². The van der Waals surface area contributed by atoms with Crippen LogP contribution < -0.4 is 0 Å². The molecule has 62 heavy (non-hydrogen) atoms. The second-order valence-electron chi connectivity index (χ2n) is 16.7. The van der Waals surface area contributed by atoms with Gasteiger partial charge in [-0.05, 0) is 123 Å². The van der Waals surface area contributed by atoms with Gasteiger partial charge < -0.3 is 8.83 Å². The lowest BCUT2D eigenvalue weighted by Crippen LogP contribution is -1.94. The molecular weight excluding hydrogens is 753 g/mol. The summed E-state index contributed by atoms with van der Waals surface area (Å²) in [7, 11) is 0. The van der Waals surface area contributed by atoms with Gasteiger partial charge in [0.15, 0.2) is 0 Å². The molecule has 0 unspecified atom stereocenters. The maximum Gasteiger partial charge on any atom is 0.143 e. The summed E-state index contributed by atoms with van der Waals surface area (Å²) in [6.45, 7) is 0. The molecule has 14 aromatic rings. The van der Waals surface area contributed by atoms with Crippen LogP contribution in [0.25, 0.3) is 142 Å². The predicted molar refractivity (Wildman–Crippen MR) is 262 cm³/mol. The molecule has 0 aliphatic rings. The van der Waals surface area contributed by atoms with Gasteiger partial charge in [0, 0.05) is 32.7 Å². The minimum atomic E-state index is 0.897. The van der Waals surface area contributed by atoms with Crippen LogP contribution in [0.3, 0.4) is 0 Å². The third-order valence-corrected chi connectivity index (χ3v) is 13.4. The zero-order chi connectivity index (χ0) is 40.5. The van der Waals surface area contributed by atoms with Crippen molar-refractivity contribution in [3.05, 3.63) is 206 Å². The summed E-state index contributed by atoms with van der Waals surface area (Å²) >= 11 is 0. The molecule has 0 N–H and O–H groups in total. The van der Waals surface area contributed by atoms with Gasteiger partial charge in [0.25, 0.3) is 0 Å². The van der Waals surface area contributed by atoms with Crippen molar-refractivity contribution in [2.45, 2.75) is 0 Å². The highest BCUT2D eigenvalue weighted by Gasteiger charge is 2.24. The summed E-state index contributed by atoms with van der Waals surface area (Å²) in [6, 6.07) is 75.2. The Hall–Kier alpha value is -8.20. The lowest BCUT2D eigenvalue weighted by Gasteiger charge is -2.22. The van der Waals surface area contributed by atoms with E-state index < -0.39 is 0 Å². The number of furan rings is 2. The molecule has 0 aliphatic carbocycles. The van der Waals surface area contributed by atoms with Crippen molar-refractivity contribution in [3.8, 4) is 33.4 Å². The molecule has 0 radical (unpaired) electrons. The van der Waals surface area contributed by atoms with E-state index >= 15 is 0 Å². The molecule has 14 rings (SSSR count). The Morgan fingerprint density at radius 2 is 0.613 bits per heavy atom. The highest BCUT2D eigenvalue weighted by atomic mass is 16.3. The smallest absolute Gasteiger partial charge is 0.143 e. The van der Waals surface area contributed by atoms with E-state index in [0.717, 1.165) is 49.4 Å². The Balaban J connectivity index is 1.06. The number of hydrogen-bond donors (Lipinski definition) is 0. The van der Waals surface area contributed by atoms with Gasteiger partial charge in [0.05, 0.1) is 0 Å². The van der Waals surface area contributed by atoms with Gasteiger partial charge in [-0.2, -0.15) is 0 Å². The molecule has 2 nitrogen and oxygen atoms in total. The summed E-state index contributed by atoms with van der Waals surface area (Å²) in [5, 5.41) is 19.0. The zero-order valence-corrected chi connectivity index (χ0v) is 33.4. The van der Waals surface area contributed by atoms with Crippen molar-refractivity contribution >= 4 is 109 Å². The molecule has 0 spiro atoms. The molecule has 2 aromatic heterocycles. The van der Waals surface area contributed by atoms with E-state index in [2.05, 4.69) is 206 Å². The van der Waals surface area contributed by atoms with Gasteiger partial charge in [-0.15, -0.1) is 0 Å². The Kier molecular flexibility index (Phi) is 6.86. The first kappa shape index (κ1) is 33.6. The number of rotatable bonds is 3. The van der Waals surface area contributed by atoms with E-state index in [9.17, 15) is 0 Å². The van der Waals surface area contributed by atoms with Gasteiger partial charge in [0.1, 0.15) is 22.3 Å². The number of para-hydroxylation sites is 1. The normalized spacial score (nSPS) is 12.2. The maximum absolute atomic E-state index is 6.89. The lowest BCUT2D eigenvalue weighted by molar-refractivity contribution is 0.669. The predicted octanol–water partition coefficient (Wildman–Crippen LogP) is 17.4. The third kappa shape index (κ3) is 4.69. The molecule has 286 valence electrons. The van der Waals surface area contributed by atoms with E-state index in [1.807, 2.05) is 0 Å². The number of fused-ring (bicyclic) bond motifs is 12.